The summed E-state index contributed by atoms with van der Waals surface area (Å²) in [6.07, 6.45) is 1.82. The summed E-state index contributed by atoms with van der Waals surface area (Å²) in [4.78, 5) is 30.7. The summed E-state index contributed by atoms with van der Waals surface area (Å²) in [6, 6.07) is 12.3. The van der Waals surface area contributed by atoms with Gasteiger partial charge in [0, 0.05) is 7.05 Å². The molecular formula is C20H17BrN2O4S. The predicted molar refractivity (Wildman–Crippen MR) is 114 cm³/mol. The van der Waals surface area contributed by atoms with Gasteiger partial charge in [0.25, 0.3) is 5.91 Å². The molecule has 0 aliphatic carbocycles. The summed E-state index contributed by atoms with van der Waals surface area (Å²) < 4.78 is 10.7. The van der Waals surface area contributed by atoms with E-state index >= 15 is 0 Å². The molecule has 2 aromatic rings. The molecule has 1 heterocycles. The number of methoxy groups -OCH3 is 2. The lowest BCUT2D eigenvalue weighted by Crippen LogP contribution is -2.23. The van der Waals surface area contributed by atoms with Crippen LogP contribution in [0.25, 0.3) is 6.08 Å². The van der Waals surface area contributed by atoms with Crippen LogP contribution in [0.1, 0.15) is 15.9 Å². The summed E-state index contributed by atoms with van der Waals surface area (Å²) in [7, 11) is 4.62. The normalized spacial score (nSPS) is 16.7. The molecule has 6 nitrogen and oxygen atoms in total. The summed E-state index contributed by atoms with van der Waals surface area (Å²) in [6.45, 7) is 0. The van der Waals surface area contributed by atoms with Crippen molar-refractivity contribution in [3.63, 3.8) is 0 Å². The number of benzene rings is 2. The average molecular weight is 461 g/mol. The Labute approximate surface area is 175 Å². The third kappa shape index (κ3) is 4.28. The number of aliphatic imine (C=N–C) groups is 1. The second-order valence-electron chi connectivity index (χ2n) is 5.80. The van der Waals surface area contributed by atoms with Crippen LogP contribution in [0.4, 0.5) is 5.69 Å². The van der Waals surface area contributed by atoms with Gasteiger partial charge in [-0.15, -0.1) is 0 Å². The van der Waals surface area contributed by atoms with Crippen LogP contribution in [0.3, 0.4) is 0 Å². The molecule has 8 heteroatoms. The van der Waals surface area contributed by atoms with Gasteiger partial charge in [-0.3, -0.25) is 9.69 Å². The van der Waals surface area contributed by atoms with Crippen molar-refractivity contribution >= 4 is 56.5 Å². The van der Waals surface area contributed by atoms with Crippen LogP contribution in [-0.2, 0) is 9.53 Å². The Kier molecular flexibility index (Phi) is 6.21. The zero-order valence-electron chi connectivity index (χ0n) is 15.4. The van der Waals surface area contributed by atoms with E-state index in [1.807, 2.05) is 24.3 Å². The number of carbonyl (C=O) groups excluding carboxylic acids is 2. The minimum Gasteiger partial charge on any atom is -0.496 e. The van der Waals surface area contributed by atoms with E-state index in [0.29, 0.717) is 21.3 Å². The first-order chi connectivity index (χ1) is 13.4. The molecule has 28 heavy (non-hydrogen) atoms. The minimum absolute atomic E-state index is 0.123. The van der Waals surface area contributed by atoms with Crippen LogP contribution in [0, 0.1) is 0 Å². The zero-order valence-corrected chi connectivity index (χ0v) is 17.8. The molecule has 1 fully saturated rings. The van der Waals surface area contributed by atoms with Crippen molar-refractivity contribution in [3.8, 4) is 5.75 Å². The maximum atomic E-state index is 12.6. The molecule has 1 amide bonds. The standard InChI is InChI=1S/C20H17BrN2O4S/c1-23-18(24)17(11-12-4-9-16(26-2)15(21)10-12)28-20(23)22-14-7-5-13(6-8-14)19(25)27-3/h4-11H,1-3H3. The summed E-state index contributed by atoms with van der Waals surface area (Å²) in [5.74, 6) is 0.196. The Bertz CT molecular complexity index is 986. The van der Waals surface area contributed by atoms with Crippen molar-refractivity contribution in [3.05, 3.63) is 63.0 Å². The fourth-order valence-corrected chi connectivity index (χ4v) is 4.02. The van der Waals surface area contributed by atoms with Gasteiger partial charge in [-0.2, -0.15) is 0 Å². The van der Waals surface area contributed by atoms with Crippen molar-refractivity contribution < 1.29 is 19.1 Å². The van der Waals surface area contributed by atoms with Crippen LogP contribution in [0.5, 0.6) is 5.75 Å². The highest BCUT2D eigenvalue weighted by molar-refractivity contribution is 9.10. The Hall–Kier alpha value is -2.58. The quantitative estimate of drug-likeness (QED) is 0.496. The average Bonchev–Trinajstić information content (AvgIpc) is 2.96. The van der Waals surface area contributed by atoms with E-state index in [2.05, 4.69) is 25.7 Å². The van der Waals surface area contributed by atoms with Crippen molar-refractivity contribution in [2.75, 3.05) is 21.3 Å². The number of hydrogen-bond donors (Lipinski definition) is 0. The first kappa shape index (κ1) is 20.2. The molecule has 1 saturated heterocycles. The fourth-order valence-electron chi connectivity index (χ4n) is 2.48. The first-order valence-electron chi connectivity index (χ1n) is 8.21. The number of nitrogens with zero attached hydrogens (tertiary/aromatic N) is 2. The third-order valence-corrected chi connectivity index (χ3v) is 5.67. The number of hydrogen-bond acceptors (Lipinski definition) is 6. The molecule has 144 valence electrons. The molecule has 0 spiro atoms. The predicted octanol–water partition coefficient (Wildman–Crippen LogP) is 4.48. The first-order valence-corrected chi connectivity index (χ1v) is 9.82. The molecule has 2 aromatic carbocycles. The van der Waals surface area contributed by atoms with Crippen LogP contribution in [0.2, 0.25) is 0 Å². The maximum absolute atomic E-state index is 12.6. The molecule has 1 aliphatic heterocycles. The van der Waals surface area contributed by atoms with Gasteiger partial charge < -0.3 is 9.47 Å². The number of amides is 1. The van der Waals surface area contributed by atoms with Crippen molar-refractivity contribution in [1.82, 2.24) is 4.90 Å². The number of thioether (sulfide) groups is 1. The van der Waals surface area contributed by atoms with E-state index in [4.69, 9.17) is 4.74 Å². The van der Waals surface area contributed by atoms with Crippen LogP contribution in [-0.4, -0.2) is 43.2 Å². The summed E-state index contributed by atoms with van der Waals surface area (Å²) >= 11 is 4.74. The van der Waals surface area contributed by atoms with Gasteiger partial charge in [0.1, 0.15) is 5.75 Å². The molecule has 0 saturated carbocycles. The van der Waals surface area contributed by atoms with E-state index < -0.39 is 5.97 Å². The molecular weight excluding hydrogens is 444 g/mol. The lowest BCUT2D eigenvalue weighted by Gasteiger charge is -2.07. The highest BCUT2D eigenvalue weighted by Gasteiger charge is 2.30. The number of carbonyl (C=O) groups is 2. The number of likely N-dealkylation sites (N-methyl/N-ethyl adjacent to an activating group) is 1. The fraction of sp³-hybridized carbons (Fsp3) is 0.150. The number of amidine groups is 1. The highest BCUT2D eigenvalue weighted by Crippen LogP contribution is 2.34. The van der Waals surface area contributed by atoms with Gasteiger partial charge in [-0.25, -0.2) is 9.79 Å². The van der Waals surface area contributed by atoms with Crippen molar-refractivity contribution in [2.45, 2.75) is 0 Å². The molecule has 0 radical (unpaired) electrons. The Morgan fingerprint density at radius 3 is 2.50 bits per heavy atom. The van der Waals surface area contributed by atoms with Crippen LogP contribution < -0.4 is 4.74 Å². The number of halogens is 1. The van der Waals surface area contributed by atoms with Gasteiger partial charge in [0.05, 0.1) is 34.8 Å². The Morgan fingerprint density at radius 2 is 1.89 bits per heavy atom. The van der Waals surface area contributed by atoms with Crippen molar-refractivity contribution in [2.24, 2.45) is 4.99 Å². The van der Waals surface area contributed by atoms with Crippen LogP contribution in [0.15, 0.2) is 56.8 Å². The summed E-state index contributed by atoms with van der Waals surface area (Å²) in [5, 5.41) is 0.564. The number of rotatable bonds is 4. The smallest absolute Gasteiger partial charge is 0.337 e. The van der Waals surface area contributed by atoms with Crippen LogP contribution >= 0.6 is 27.7 Å². The molecule has 0 bridgehead atoms. The zero-order chi connectivity index (χ0) is 20.3. The maximum Gasteiger partial charge on any atom is 0.337 e. The van der Waals surface area contributed by atoms with Gasteiger partial charge in [-0.05, 0) is 75.7 Å². The molecule has 3 rings (SSSR count). The molecule has 0 unspecified atom stereocenters. The highest BCUT2D eigenvalue weighted by atomic mass is 79.9. The summed E-state index contributed by atoms with van der Waals surface area (Å²) in [5.41, 5.74) is 1.96. The monoisotopic (exact) mass is 460 g/mol. The molecule has 0 N–H and O–H groups in total. The van der Waals surface area contributed by atoms with Gasteiger partial charge >= 0.3 is 5.97 Å². The minimum atomic E-state index is -0.405. The molecule has 0 aromatic heterocycles. The number of ether oxygens (including phenoxy) is 2. The lowest BCUT2D eigenvalue weighted by atomic mass is 10.2. The lowest BCUT2D eigenvalue weighted by molar-refractivity contribution is -0.121. The van der Waals surface area contributed by atoms with E-state index in [0.717, 1.165) is 15.8 Å². The SMILES string of the molecule is COC(=O)c1ccc(N=C2SC(=Cc3ccc(OC)c(Br)c3)C(=O)N2C)cc1. The van der Waals surface area contributed by atoms with Gasteiger partial charge in [-0.1, -0.05) is 6.07 Å². The molecule has 1 aliphatic rings. The second-order valence-corrected chi connectivity index (χ2v) is 7.67. The van der Waals surface area contributed by atoms with E-state index in [1.54, 1.807) is 38.4 Å². The topological polar surface area (TPSA) is 68.2 Å². The molecule has 0 atom stereocenters. The van der Waals surface area contributed by atoms with E-state index in [1.165, 1.54) is 23.8 Å². The second kappa shape index (κ2) is 8.62. The number of esters is 1. The van der Waals surface area contributed by atoms with E-state index in [9.17, 15) is 9.59 Å². The van der Waals surface area contributed by atoms with Gasteiger partial charge in [0.15, 0.2) is 5.17 Å². The van der Waals surface area contributed by atoms with Crippen molar-refractivity contribution in [1.29, 1.82) is 0 Å². The Balaban J connectivity index is 1.83. The largest absolute Gasteiger partial charge is 0.496 e. The van der Waals surface area contributed by atoms with E-state index in [-0.39, 0.29) is 5.91 Å². The third-order valence-electron chi connectivity index (χ3n) is 3.99. The Morgan fingerprint density at radius 1 is 1.18 bits per heavy atom. The van der Waals surface area contributed by atoms with Gasteiger partial charge in [0.2, 0.25) is 0 Å².